The Balaban J connectivity index is 1.72. The van der Waals surface area contributed by atoms with E-state index < -0.39 is 0 Å². The number of rotatable bonds is 2. The summed E-state index contributed by atoms with van der Waals surface area (Å²) in [6, 6.07) is 8.85. The van der Waals surface area contributed by atoms with Gasteiger partial charge in [0.25, 0.3) is 0 Å². The molecule has 2 heterocycles. The van der Waals surface area contributed by atoms with Crippen LogP contribution < -0.4 is 9.47 Å². The van der Waals surface area contributed by atoms with Crippen molar-refractivity contribution in [3.8, 4) is 23.0 Å². The van der Waals surface area contributed by atoms with E-state index >= 15 is 0 Å². The van der Waals surface area contributed by atoms with Gasteiger partial charge in [0.2, 0.25) is 0 Å². The molecule has 2 N–H and O–H groups in total. The van der Waals surface area contributed by atoms with E-state index in [0.29, 0.717) is 24.5 Å². The third-order valence-corrected chi connectivity index (χ3v) is 4.68. The van der Waals surface area contributed by atoms with Crippen molar-refractivity contribution in [3.63, 3.8) is 0 Å². The molecule has 0 aliphatic carbocycles. The fourth-order valence-electron chi connectivity index (χ4n) is 3.40. The smallest absolute Gasteiger partial charge is 0.138 e. The quantitative estimate of drug-likeness (QED) is 0.812. The minimum Gasteiger partial charge on any atom is -0.508 e. The first-order chi connectivity index (χ1) is 11.5. The summed E-state index contributed by atoms with van der Waals surface area (Å²) < 4.78 is 11.9. The maximum absolute atomic E-state index is 10.3. The van der Waals surface area contributed by atoms with Gasteiger partial charge >= 0.3 is 0 Å². The molecule has 2 aromatic rings. The molecule has 0 unspecified atom stereocenters. The van der Waals surface area contributed by atoms with Gasteiger partial charge in [-0.15, -0.1) is 0 Å². The molecule has 2 aliphatic rings. The maximum Gasteiger partial charge on any atom is 0.138 e. The van der Waals surface area contributed by atoms with Crippen LogP contribution in [-0.2, 0) is 6.42 Å². The van der Waals surface area contributed by atoms with Crippen molar-refractivity contribution >= 4 is 0 Å². The normalized spacial score (nSPS) is 20.2. The van der Waals surface area contributed by atoms with Crippen molar-refractivity contribution in [1.82, 2.24) is 0 Å². The number of fused-ring (bicyclic) bond motifs is 5. The summed E-state index contributed by atoms with van der Waals surface area (Å²) in [6.45, 7) is 4.59. The molecule has 0 amide bonds. The number of phenolic OH excluding ortho intramolecular Hbond substituents is 2. The van der Waals surface area contributed by atoms with Crippen molar-refractivity contribution in [2.24, 2.45) is 0 Å². The zero-order valence-corrected chi connectivity index (χ0v) is 13.7. The summed E-state index contributed by atoms with van der Waals surface area (Å²) in [6.07, 6.45) is 2.66. The fraction of sp³-hybridized carbons (Fsp3) is 0.300. The van der Waals surface area contributed by atoms with Crippen LogP contribution >= 0.6 is 0 Å². The average molecular weight is 324 g/mol. The molecule has 2 aliphatic heterocycles. The number of ether oxygens (including phenoxy) is 2. The van der Waals surface area contributed by atoms with Gasteiger partial charge in [0.15, 0.2) is 0 Å². The lowest BCUT2D eigenvalue weighted by atomic mass is 9.88. The van der Waals surface area contributed by atoms with Crippen LogP contribution in [0.3, 0.4) is 0 Å². The van der Waals surface area contributed by atoms with Gasteiger partial charge < -0.3 is 19.7 Å². The highest BCUT2D eigenvalue weighted by molar-refractivity contribution is 5.54. The van der Waals surface area contributed by atoms with Gasteiger partial charge in [-0.1, -0.05) is 11.6 Å². The second kappa shape index (κ2) is 5.48. The van der Waals surface area contributed by atoms with E-state index in [9.17, 15) is 10.2 Å². The monoisotopic (exact) mass is 324 g/mol. The second-order valence-electron chi connectivity index (χ2n) is 6.68. The molecule has 4 nitrogen and oxygen atoms in total. The van der Waals surface area contributed by atoms with Crippen molar-refractivity contribution < 1.29 is 19.7 Å². The van der Waals surface area contributed by atoms with Crippen LogP contribution in [0.15, 0.2) is 42.0 Å². The summed E-state index contributed by atoms with van der Waals surface area (Å²) in [4.78, 5) is 0. The zero-order chi connectivity index (χ0) is 16.8. The third kappa shape index (κ3) is 2.39. The molecule has 4 heteroatoms. The van der Waals surface area contributed by atoms with Gasteiger partial charge in [-0.2, -0.15) is 0 Å². The van der Waals surface area contributed by atoms with Crippen LogP contribution in [0.5, 0.6) is 23.0 Å². The molecule has 2 atom stereocenters. The van der Waals surface area contributed by atoms with Crippen LogP contribution in [0.2, 0.25) is 0 Å². The Morgan fingerprint density at radius 1 is 1.12 bits per heavy atom. The first kappa shape index (κ1) is 14.9. The Morgan fingerprint density at radius 2 is 1.96 bits per heavy atom. The number of aromatic hydroxyl groups is 2. The molecular weight excluding hydrogens is 304 g/mol. The number of benzene rings is 2. The Morgan fingerprint density at radius 3 is 2.75 bits per heavy atom. The van der Waals surface area contributed by atoms with Gasteiger partial charge in [-0.25, -0.2) is 0 Å². The standard InChI is InChI=1S/C20H20O4/c1-11(2)3-4-12-7-15-16-10-23-18-8-13(21)5-6-14(18)20(16)24-19(15)9-17(12)22/h3,5-9,16,20-22H,4,10H2,1-2H3/t16-,20+/m0/s1. The molecule has 124 valence electrons. The van der Waals surface area contributed by atoms with Gasteiger partial charge in [0.05, 0.1) is 12.5 Å². The minimum atomic E-state index is -0.137. The largest absolute Gasteiger partial charge is 0.508 e. The summed E-state index contributed by atoms with van der Waals surface area (Å²) in [5.41, 5.74) is 4.13. The zero-order valence-electron chi connectivity index (χ0n) is 13.7. The van der Waals surface area contributed by atoms with E-state index in [1.807, 2.05) is 26.0 Å². The Hall–Kier alpha value is -2.62. The van der Waals surface area contributed by atoms with E-state index in [1.54, 1.807) is 18.2 Å². The molecule has 0 saturated heterocycles. The first-order valence-electron chi connectivity index (χ1n) is 8.14. The lowest BCUT2D eigenvalue weighted by Gasteiger charge is -2.27. The van der Waals surface area contributed by atoms with Gasteiger partial charge in [-0.05, 0) is 44.0 Å². The van der Waals surface area contributed by atoms with Crippen LogP contribution in [-0.4, -0.2) is 16.8 Å². The minimum absolute atomic E-state index is 0.100. The molecular formula is C20H20O4. The highest BCUT2D eigenvalue weighted by Crippen LogP contribution is 2.52. The SMILES string of the molecule is CC(C)=CCc1cc2c(cc1O)O[C@@H]1c3ccc(O)cc3OC[C@@H]21. The van der Waals surface area contributed by atoms with Crippen molar-refractivity contribution in [3.05, 3.63) is 58.7 Å². The van der Waals surface area contributed by atoms with Crippen molar-refractivity contribution in [2.45, 2.75) is 32.3 Å². The summed E-state index contributed by atoms with van der Waals surface area (Å²) in [5.74, 6) is 1.93. The highest BCUT2D eigenvalue weighted by atomic mass is 16.5. The average Bonchev–Trinajstić information content (AvgIpc) is 2.89. The molecule has 0 aromatic heterocycles. The Labute approximate surface area is 141 Å². The van der Waals surface area contributed by atoms with E-state index in [4.69, 9.17) is 9.47 Å². The Bertz CT molecular complexity index is 834. The van der Waals surface area contributed by atoms with E-state index in [1.165, 1.54) is 5.57 Å². The van der Waals surface area contributed by atoms with Crippen LogP contribution in [0.25, 0.3) is 0 Å². The van der Waals surface area contributed by atoms with Crippen LogP contribution in [0, 0.1) is 0 Å². The van der Waals surface area contributed by atoms with Crippen molar-refractivity contribution in [2.75, 3.05) is 6.61 Å². The fourth-order valence-corrected chi connectivity index (χ4v) is 3.40. The van der Waals surface area contributed by atoms with E-state index in [0.717, 1.165) is 16.7 Å². The highest BCUT2D eigenvalue weighted by Gasteiger charge is 2.41. The summed E-state index contributed by atoms with van der Waals surface area (Å²) >= 11 is 0. The topological polar surface area (TPSA) is 58.9 Å². The number of hydrogen-bond acceptors (Lipinski definition) is 4. The molecule has 0 fully saturated rings. The Kier molecular flexibility index (Phi) is 3.41. The molecule has 0 bridgehead atoms. The van der Waals surface area contributed by atoms with Crippen molar-refractivity contribution in [1.29, 1.82) is 0 Å². The predicted octanol–water partition coefficient (Wildman–Crippen LogP) is 4.22. The molecule has 0 saturated carbocycles. The molecule has 0 radical (unpaired) electrons. The molecule has 4 rings (SSSR count). The third-order valence-electron chi connectivity index (χ3n) is 4.68. The molecule has 2 aromatic carbocycles. The number of phenols is 2. The number of hydrogen-bond donors (Lipinski definition) is 2. The van der Waals surface area contributed by atoms with E-state index in [-0.39, 0.29) is 23.5 Å². The lowest BCUT2D eigenvalue weighted by molar-refractivity contribution is 0.139. The summed E-state index contributed by atoms with van der Waals surface area (Å²) in [7, 11) is 0. The summed E-state index contributed by atoms with van der Waals surface area (Å²) in [5, 5.41) is 19.9. The molecule has 24 heavy (non-hydrogen) atoms. The van der Waals surface area contributed by atoms with Gasteiger partial charge in [-0.3, -0.25) is 0 Å². The van der Waals surface area contributed by atoms with Gasteiger partial charge in [0, 0.05) is 23.3 Å². The van der Waals surface area contributed by atoms with E-state index in [2.05, 4.69) is 6.08 Å². The number of allylic oxidation sites excluding steroid dienone is 2. The molecule has 0 spiro atoms. The first-order valence-corrected chi connectivity index (χ1v) is 8.14. The van der Waals surface area contributed by atoms with Crippen LogP contribution in [0.1, 0.15) is 42.6 Å². The van der Waals surface area contributed by atoms with Gasteiger partial charge in [0.1, 0.15) is 29.1 Å². The predicted molar refractivity (Wildman–Crippen MR) is 91.0 cm³/mol. The maximum atomic E-state index is 10.3. The second-order valence-corrected chi connectivity index (χ2v) is 6.68. The lowest BCUT2D eigenvalue weighted by Crippen LogP contribution is -2.23. The van der Waals surface area contributed by atoms with Crippen LogP contribution in [0.4, 0.5) is 0 Å².